The Kier molecular flexibility index (Phi) is 5.82. The molecule has 142 valence electrons. The fraction of sp³-hybridized carbons (Fsp3) is 0.278. The third kappa shape index (κ3) is 4.15. The van der Waals surface area contributed by atoms with Crippen LogP contribution in [0.15, 0.2) is 59.5 Å². The van der Waals surface area contributed by atoms with Crippen molar-refractivity contribution in [3.63, 3.8) is 0 Å². The van der Waals surface area contributed by atoms with E-state index < -0.39 is 10.0 Å². The fourth-order valence-corrected chi connectivity index (χ4v) is 4.17. The van der Waals surface area contributed by atoms with Crippen molar-refractivity contribution in [3.05, 3.63) is 60.2 Å². The largest absolute Gasteiger partial charge is 0.349 e. The third-order valence-electron chi connectivity index (χ3n) is 4.19. The van der Waals surface area contributed by atoms with E-state index in [-0.39, 0.29) is 0 Å². The first-order valence-corrected chi connectivity index (χ1v) is 10.2. The predicted octanol–water partition coefficient (Wildman–Crippen LogP) is 2.30. The van der Waals surface area contributed by atoms with Gasteiger partial charge in [-0.2, -0.15) is 8.99 Å². The Hall–Kier alpha value is -2.78. The molecule has 1 N–H and O–H groups in total. The number of hydrogen-bond acceptors (Lipinski definition) is 6. The Balaban J connectivity index is 1.71. The van der Waals surface area contributed by atoms with Crippen molar-refractivity contribution in [3.8, 4) is 5.69 Å². The number of aromatic nitrogens is 4. The second-order valence-electron chi connectivity index (χ2n) is 5.84. The van der Waals surface area contributed by atoms with Crippen LogP contribution in [0, 0.1) is 0 Å². The van der Waals surface area contributed by atoms with Gasteiger partial charge >= 0.3 is 0 Å². The number of nitrogens with one attached hydrogen (secondary N) is 1. The molecule has 0 fully saturated rings. The van der Waals surface area contributed by atoms with E-state index in [9.17, 15) is 8.42 Å². The van der Waals surface area contributed by atoms with Crippen LogP contribution in [-0.2, 0) is 16.6 Å². The summed E-state index contributed by atoms with van der Waals surface area (Å²) >= 11 is 0. The zero-order chi connectivity index (χ0) is 19.3. The zero-order valence-corrected chi connectivity index (χ0v) is 16.1. The summed E-state index contributed by atoms with van der Waals surface area (Å²) in [6.07, 6.45) is 0. The lowest BCUT2D eigenvalue weighted by Gasteiger charge is -2.18. The van der Waals surface area contributed by atoms with Gasteiger partial charge in [0, 0.05) is 19.6 Å². The molecule has 0 saturated heterocycles. The van der Waals surface area contributed by atoms with E-state index in [1.807, 2.05) is 44.2 Å². The number of rotatable bonds is 8. The monoisotopic (exact) mass is 386 g/mol. The topological polar surface area (TPSA) is 93.0 Å². The van der Waals surface area contributed by atoms with Crippen molar-refractivity contribution in [1.82, 2.24) is 24.5 Å². The summed E-state index contributed by atoms with van der Waals surface area (Å²) < 4.78 is 28.1. The standard InChI is InChI=1S/C18H22N6O2S/c1-3-23(4-2)27(25,26)17-12-10-15(11-13-17)14-19-18-20-21-22-24(18)16-8-6-5-7-9-16/h5-13H,3-4,14H2,1-2H3,(H,19,20,22). The minimum Gasteiger partial charge on any atom is -0.349 e. The molecule has 3 aromatic rings. The molecule has 0 amide bonds. The summed E-state index contributed by atoms with van der Waals surface area (Å²) in [5.41, 5.74) is 1.78. The maximum Gasteiger partial charge on any atom is 0.248 e. The van der Waals surface area contributed by atoms with E-state index in [0.29, 0.717) is 30.5 Å². The van der Waals surface area contributed by atoms with Crippen LogP contribution < -0.4 is 5.32 Å². The van der Waals surface area contributed by atoms with Crippen molar-refractivity contribution >= 4 is 16.0 Å². The lowest BCUT2D eigenvalue weighted by atomic mass is 10.2. The number of nitrogens with zero attached hydrogens (tertiary/aromatic N) is 5. The average molecular weight is 386 g/mol. The van der Waals surface area contributed by atoms with Gasteiger partial charge in [-0.25, -0.2) is 8.42 Å². The second kappa shape index (κ2) is 8.28. The number of sulfonamides is 1. The summed E-state index contributed by atoms with van der Waals surface area (Å²) in [7, 11) is -3.44. The van der Waals surface area contributed by atoms with Crippen LogP contribution in [0.2, 0.25) is 0 Å². The highest BCUT2D eigenvalue weighted by molar-refractivity contribution is 7.89. The van der Waals surface area contributed by atoms with Crippen LogP contribution in [0.1, 0.15) is 19.4 Å². The van der Waals surface area contributed by atoms with Crippen molar-refractivity contribution < 1.29 is 8.42 Å². The highest BCUT2D eigenvalue weighted by Crippen LogP contribution is 2.17. The summed E-state index contributed by atoms with van der Waals surface area (Å²) in [6, 6.07) is 16.4. The summed E-state index contributed by atoms with van der Waals surface area (Å²) in [4.78, 5) is 0.295. The maximum atomic E-state index is 12.5. The van der Waals surface area contributed by atoms with E-state index in [1.54, 1.807) is 28.9 Å². The van der Waals surface area contributed by atoms with Gasteiger partial charge in [0.1, 0.15) is 0 Å². The molecule has 0 atom stereocenters. The first kappa shape index (κ1) is 19.0. The SMILES string of the molecule is CCN(CC)S(=O)(=O)c1ccc(CNc2nnnn2-c2ccccc2)cc1. The highest BCUT2D eigenvalue weighted by atomic mass is 32.2. The molecule has 0 unspecified atom stereocenters. The number of benzene rings is 2. The van der Waals surface area contributed by atoms with Crippen LogP contribution in [-0.4, -0.2) is 46.0 Å². The normalized spacial score (nSPS) is 11.7. The minimum atomic E-state index is -3.44. The predicted molar refractivity (Wildman–Crippen MR) is 103 cm³/mol. The van der Waals surface area contributed by atoms with Crippen molar-refractivity contribution in [2.45, 2.75) is 25.3 Å². The molecule has 8 nitrogen and oxygen atoms in total. The van der Waals surface area contributed by atoms with E-state index in [2.05, 4.69) is 20.8 Å². The molecule has 0 radical (unpaired) electrons. The molecule has 0 aliphatic carbocycles. The quantitative estimate of drug-likeness (QED) is 0.639. The van der Waals surface area contributed by atoms with Crippen LogP contribution in [0.4, 0.5) is 5.95 Å². The fourth-order valence-electron chi connectivity index (χ4n) is 2.71. The van der Waals surface area contributed by atoms with Crippen molar-refractivity contribution in [2.24, 2.45) is 0 Å². The first-order chi connectivity index (χ1) is 13.1. The van der Waals surface area contributed by atoms with Gasteiger partial charge in [0.2, 0.25) is 16.0 Å². The second-order valence-corrected chi connectivity index (χ2v) is 7.77. The molecule has 2 aromatic carbocycles. The molecule has 0 bridgehead atoms. The Bertz CT molecular complexity index is 967. The molecule has 1 heterocycles. The highest BCUT2D eigenvalue weighted by Gasteiger charge is 2.21. The minimum absolute atomic E-state index is 0.295. The molecule has 0 saturated carbocycles. The van der Waals surface area contributed by atoms with E-state index >= 15 is 0 Å². The van der Waals surface area contributed by atoms with Crippen LogP contribution in [0.3, 0.4) is 0 Å². The molecule has 1 aromatic heterocycles. The van der Waals surface area contributed by atoms with Gasteiger partial charge in [-0.15, -0.1) is 0 Å². The van der Waals surface area contributed by atoms with Gasteiger partial charge in [0.25, 0.3) is 0 Å². The molecule has 0 aliphatic rings. The Labute approximate surface area is 158 Å². The number of para-hydroxylation sites is 1. The molecule has 27 heavy (non-hydrogen) atoms. The molecule has 0 aliphatic heterocycles. The molecular weight excluding hydrogens is 364 g/mol. The third-order valence-corrected chi connectivity index (χ3v) is 6.25. The summed E-state index contributed by atoms with van der Waals surface area (Å²) in [5.74, 6) is 0.515. The lowest BCUT2D eigenvalue weighted by Crippen LogP contribution is -2.30. The van der Waals surface area contributed by atoms with Crippen molar-refractivity contribution in [1.29, 1.82) is 0 Å². The Morgan fingerprint density at radius 1 is 1.00 bits per heavy atom. The lowest BCUT2D eigenvalue weighted by molar-refractivity contribution is 0.445. The smallest absolute Gasteiger partial charge is 0.248 e. The molecule has 3 rings (SSSR count). The molecule has 0 spiro atoms. The number of tetrazole rings is 1. The van der Waals surface area contributed by atoms with Gasteiger partial charge in [-0.1, -0.05) is 49.3 Å². The first-order valence-electron chi connectivity index (χ1n) is 8.73. The number of hydrogen-bond donors (Lipinski definition) is 1. The molecule has 9 heteroatoms. The van der Waals surface area contributed by atoms with Gasteiger partial charge in [-0.05, 0) is 40.3 Å². The average Bonchev–Trinajstić information content (AvgIpc) is 3.17. The van der Waals surface area contributed by atoms with Gasteiger partial charge in [-0.3, -0.25) is 0 Å². The molecular formula is C18H22N6O2S. The van der Waals surface area contributed by atoms with Gasteiger partial charge < -0.3 is 5.32 Å². The van der Waals surface area contributed by atoms with Crippen LogP contribution in [0.25, 0.3) is 5.69 Å². The van der Waals surface area contributed by atoms with E-state index in [0.717, 1.165) is 11.3 Å². The van der Waals surface area contributed by atoms with Crippen molar-refractivity contribution in [2.75, 3.05) is 18.4 Å². The summed E-state index contributed by atoms with van der Waals surface area (Å²) in [6.45, 7) is 5.03. The van der Waals surface area contributed by atoms with Gasteiger partial charge in [0.05, 0.1) is 10.6 Å². The summed E-state index contributed by atoms with van der Waals surface area (Å²) in [5, 5.41) is 14.9. The van der Waals surface area contributed by atoms with Crippen LogP contribution in [0.5, 0.6) is 0 Å². The zero-order valence-electron chi connectivity index (χ0n) is 15.3. The Morgan fingerprint density at radius 3 is 2.30 bits per heavy atom. The van der Waals surface area contributed by atoms with E-state index in [1.165, 1.54) is 4.31 Å². The Morgan fingerprint density at radius 2 is 1.67 bits per heavy atom. The van der Waals surface area contributed by atoms with E-state index in [4.69, 9.17) is 0 Å². The van der Waals surface area contributed by atoms with Gasteiger partial charge in [0.15, 0.2) is 0 Å². The maximum absolute atomic E-state index is 12.5. The number of anilines is 1. The van der Waals surface area contributed by atoms with Crippen LogP contribution >= 0.6 is 0 Å².